The minimum absolute atomic E-state index is 0.201. The van der Waals surface area contributed by atoms with Crippen LogP contribution in [0.25, 0.3) is 21.5 Å². The van der Waals surface area contributed by atoms with Crippen LogP contribution in [0, 0.1) is 13.8 Å². The van der Waals surface area contributed by atoms with E-state index in [9.17, 15) is 0 Å². The summed E-state index contributed by atoms with van der Waals surface area (Å²) in [5, 5.41) is 15.5. The lowest BCUT2D eigenvalue weighted by Gasteiger charge is -2.47. The molecule has 460 valence electrons. The van der Waals surface area contributed by atoms with E-state index in [0.29, 0.717) is 0 Å². The van der Waals surface area contributed by atoms with Gasteiger partial charge in [0.1, 0.15) is 0 Å². The topological polar surface area (TPSA) is 9.72 Å². The van der Waals surface area contributed by atoms with Gasteiger partial charge in [-0.05, 0) is 165 Å². The van der Waals surface area contributed by atoms with E-state index in [0.717, 1.165) is 28.4 Å². The van der Waals surface area contributed by atoms with Gasteiger partial charge in [-0.2, -0.15) is 0 Å². The van der Waals surface area contributed by atoms with Crippen LogP contribution < -0.4 is 72.6 Å². The van der Waals surface area contributed by atoms with Crippen LogP contribution >= 0.6 is 0 Å². The van der Waals surface area contributed by atoms with E-state index in [1.54, 1.807) is 0 Å². The lowest BCUT2D eigenvalue weighted by atomic mass is 9.33. The zero-order chi connectivity index (χ0) is 65.0. The molecule has 0 saturated heterocycles. The van der Waals surface area contributed by atoms with E-state index in [2.05, 4.69) is 394 Å². The molecule has 97 heavy (non-hydrogen) atoms. The number of hydrogen-bond acceptors (Lipinski definition) is 3. The molecule has 0 amide bonds. The fourth-order valence-electron chi connectivity index (χ4n) is 17.2. The van der Waals surface area contributed by atoms with E-state index in [1.165, 1.54) is 124 Å². The molecule has 18 rings (SSSR count). The monoisotopic (exact) mass is 1270 g/mol. The highest BCUT2D eigenvalue weighted by atomic mass is 28.3. The summed E-state index contributed by atoms with van der Waals surface area (Å²) >= 11 is 0. The quantitative estimate of drug-likeness (QED) is 0.0944. The van der Waals surface area contributed by atoms with E-state index >= 15 is 0 Å². The number of rotatable bonds is 11. The van der Waals surface area contributed by atoms with Gasteiger partial charge in [0, 0.05) is 39.5 Å². The van der Waals surface area contributed by atoms with Crippen LogP contribution in [0.2, 0.25) is 0 Å². The zero-order valence-electron chi connectivity index (χ0n) is 54.9. The SMILES string of the molecule is Cc1ccc2cc(N3c4cc([Si](c5ccccc5)(c5ccccc5)c5ccccc5)ccc4B4c5ccc([Si](c6ccccc6)(c6ccccc6)c6ccccc6)cc5N(c5ccc6cc(C)ccc6c5)c5cc(N6c7ccccc7C(C)(C)c7ccccc76)cc3c54)ccc2c1. The number of para-hydroxylation sites is 2. The Hall–Kier alpha value is -11.3. The molecule has 6 heteroatoms. The van der Waals surface area contributed by atoms with E-state index < -0.39 is 16.1 Å². The maximum Gasteiger partial charge on any atom is 0.252 e. The Morgan fingerprint density at radius 1 is 0.247 bits per heavy atom. The molecule has 0 fully saturated rings. The molecule has 0 aromatic heterocycles. The second-order valence-electron chi connectivity index (χ2n) is 27.3. The molecule has 15 aromatic rings. The van der Waals surface area contributed by atoms with Crippen molar-refractivity contribution in [2.45, 2.75) is 33.1 Å². The molecular weight excluding hydrogens is 1200 g/mol. The Morgan fingerprint density at radius 3 is 0.918 bits per heavy atom. The van der Waals surface area contributed by atoms with Crippen molar-refractivity contribution in [2.75, 3.05) is 14.7 Å². The van der Waals surface area contributed by atoms with Crippen molar-refractivity contribution in [2.24, 2.45) is 0 Å². The van der Waals surface area contributed by atoms with Crippen molar-refractivity contribution >= 4 is 153 Å². The lowest BCUT2D eigenvalue weighted by Crippen LogP contribution is -2.75. The summed E-state index contributed by atoms with van der Waals surface area (Å²) in [7, 11) is -6.22. The summed E-state index contributed by atoms with van der Waals surface area (Å²) in [4.78, 5) is 7.92. The summed E-state index contributed by atoms with van der Waals surface area (Å²) in [5.41, 5.74) is 18.9. The van der Waals surface area contributed by atoms with Crippen LogP contribution in [0.1, 0.15) is 36.1 Å². The normalized spacial score (nSPS) is 13.6. The molecule has 15 aromatic carbocycles. The van der Waals surface area contributed by atoms with Gasteiger partial charge in [0.25, 0.3) is 6.71 Å². The van der Waals surface area contributed by atoms with Crippen LogP contribution in [0.5, 0.6) is 0 Å². The Kier molecular flexibility index (Phi) is 13.8. The third-order valence-corrected chi connectivity index (χ3v) is 31.1. The Morgan fingerprint density at radius 2 is 0.557 bits per heavy atom. The van der Waals surface area contributed by atoms with Crippen molar-refractivity contribution < 1.29 is 0 Å². The van der Waals surface area contributed by atoms with Gasteiger partial charge >= 0.3 is 0 Å². The molecule has 0 aliphatic carbocycles. The molecule has 3 nitrogen and oxygen atoms in total. The fourth-order valence-corrected chi connectivity index (χ4v) is 26.7. The smallest absolute Gasteiger partial charge is 0.252 e. The molecule has 0 unspecified atom stereocenters. The number of nitrogens with zero attached hydrogens (tertiary/aromatic N) is 3. The Labute approximate surface area is 571 Å². The average Bonchev–Trinajstić information content (AvgIpc) is 0.688. The summed E-state index contributed by atoms with van der Waals surface area (Å²) in [5.74, 6) is 0. The summed E-state index contributed by atoms with van der Waals surface area (Å²) in [6.07, 6.45) is 0. The first kappa shape index (κ1) is 58.3. The van der Waals surface area contributed by atoms with Gasteiger partial charge in [0.2, 0.25) is 0 Å². The van der Waals surface area contributed by atoms with E-state index in [-0.39, 0.29) is 12.1 Å². The van der Waals surface area contributed by atoms with Crippen molar-refractivity contribution in [3.05, 3.63) is 374 Å². The number of fused-ring (bicyclic) bond motifs is 8. The van der Waals surface area contributed by atoms with Crippen LogP contribution in [-0.4, -0.2) is 22.9 Å². The van der Waals surface area contributed by atoms with Crippen LogP contribution in [-0.2, 0) is 5.41 Å². The van der Waals surface area contributed by atoms with Crippen molar-refractivity contribution in [1.82, 2.24) is 0 Å². The fraction of sp³-hybridized carbons (Fsp3) is 0.0549. The van der Waals surface area contributed by atoms with Crippen molar-refractivity contribution in [1.29, 1.82) is 0 Å². The lowest BCUT2D eigenvalue weighted by molar-refractivity contribution is 0.632. The van der Waals surface area contributed by atoms with Gasteiger partial charge in [-0.1, -0.05) is 316 Å². The summed E-state index contributed by atoms with van der Waals surface area (Å²) in [6.45, 7) is 8.99. The first-order valence-electron chi connectivity index (χ1n) is 34.1. The first-order chi connectivity index (χ1) is 47.7. The highest BCUT2D eigenvalue weighted by molar-refractivity contribution is 7.20. The summed E-state index contributed by atoms with van der Waals surface area (Å²) < 4.78 is 0. The summed E-state index contributed by atoms with van der Waals surface area (Å²) in [6, 6.07) is 136. The third-order valence-electron chi connectivity index (χ3n) is 21.5. The molecule has 0 N–H and O–H groups in total. The van der Waals surface area contributed by atoms with Crippen LogP contribution in [0.4, 0.5) is 51.2 Å². The van der Waals surface area contributed by atoms with E-state index in [4.69, 9.17) is 0 Å². The number of aryl methyl sites for hydroxylation is 2. The predicted molar refractivity (Wildman–Crippen MR) is 419 cm³/mol. The maximum absolute atomic E-state index is 3.11. The third kappa shape index (κ3) is 9.08. The zero-order valence-corrected chi connectivity index (χ0v) is 56.9. The van der Waals surface area contributed by atoms with Crippen molar-refractivity contribution in [3.8, 4) is 0 Å². The molecule has 0 saturated carbocycles. The minimum Gasteiger partial charge on any atom is -0.311 e. The molecule has 3 aliphatic rings. The van der Waals surface area contributed by atoms with Crippen LogP contribution in [0.15, 0.2) is 352 Å². The average molecular weight is 1270 g/mol. The Bertz CT molecular complexity index is 5020. The molecular formula is C91H70BN3Si2. The largest absolute Gasteiger partial charge is 0.311 e. The van der Waals surface area contributed by atoms with Gasteiger partial charge in [-0.15, -0.1) is 0 Å². The van der Waals surface area contributed by atoms with Crippen LogP contribution in [0.3, 0.4) is 0 Å². The van der Waals surface area contributed by atoms with Gasteiger partial charge < -0.3 is 14.7 Å². The highest BCUT2D eigenvalue weighted by Crippen LogP contribution is 2.54. The number of anilines is 9. The molecule has 0 atom stereocenters. The van der Waals surface area contributed by atoms with Gasteiger partial charge in [-0.25, -0.2) is 0 Å². The second kappa shape index (κ2) is 23.0. The van der Waals surface area contributed by atoms with Gasteiger partial charge in [0.05, 0.1) is 17.1 Å². The molecule has 0 radical (unpaired) electrons. The predicted octanol–water partition coefficient (Wildman–Crippen LogP) is 15.6. The highest BCUT2D eigenvalue weighted by Gasteiger charge is 2.49. The van der Waals surface area contributed by atoms with Gasteiger partial charge in [0.15, 0.2) is 16.1 Å². The standard InChI is InChI=1S/C91H70BN3Si2/c1-63-43-45-67-57-69(49-47-65(67)55-63)93-86-61-78(96(72-27-11-5-12-28-72,73-29-13-6-14-30-73)74-31-15-7-16-32-74)51-53-82(86)92-83-54-52-79(97(75-33-17-8-18-34-75,76-35-19-9-20-36-76)77-37-21-10-22-38-77)62-87(83)94(70-50-48-66-56-64(2)44-46-68(66)58-70)89-60-71(59-88(93)90(89)92)95-84-41-25-23-39-80(84)91(3,4)81-40-24-26-42-85(81)95/h5-62H,1-4H3. The molecule has 0 spiro atoms. The molecule has 3 heterocycles. The minimum atomic E-state index is -3.11. The Balaban J connectivity index is 1.01. The molecule has 0 bridgehead atoms. The number of hydrogen-bond donors (Lipinski definition) is 0. The first-order valence-corrected chi connectivity index (χ1v) is 38.1. The number of benzene rings is 15. The second-order valence-corrected chi connectivity index (χ2v) is 34.9. The van der Waals surface area contributed by atoms with Crippen molar-refractivity contribution in [3.63, 3.8) is 0 Å². The maximum atomic E-state index is 2.67. The van der Waals surface area contributed by atoms with Gasteiger partial charge in [-0.3, -0.25) is 0 Å². The van der Waals surface area contributed by atoms with E-state index in [1.807, 2.05) is 0 Å². The molecule has 3 aliphatic heterocycles.